The Morgan fingerprint density at radius 1 is 1.13 bits per heavy atom. The average Bonchev–Trinajstić information content (AvgIpc) is 3.21. The standard InChI is InChI=1S/C20H28N6O3S/c27-19(14-20(9-2-1-3-10-20)15-25-16-21-23-24-25)22-17-7-6-8-18(13-17)26-11-4-5-12-30(26,28)29/h6-8,13,16H,1-5,9-12,14-15H2,(H,22,27). The van der Waals surface area contributed by atoms with Crippen LogP contribution in [0.3, 0.4) is 0 Å². The predicted molar refractivity (Wildman–Crippen MR) is 113 cm³/mol. The van der Waals surface area contributed by atoms with Crippen LogP contribution < -0.4 is 9.62 Å². The van der Waals surface area contributed by atoms with Gasteiger partial charge in [0.25, 0.3) is 0 Å². The third-order valence-corrected chi connectivity index (χ3v) is 7.98. The van der Waals surface area contributed by atoms with Crippen molar-refractivity contribution in [3.63, 3.8) is 0 Å². The summed E-state index contributed by atoms with van der Waals surface area (Å²) >= 11 is 0. The molecule has 1 N–H and O–H groups in total. The Morgan fingerprint density at radius 2 is 1.97 bits per heavy atom. The van der Waals surface area contributed by atoms with E-state index in [-0.39, 0.29) is 17.1 Å². The van der Waals surface area contributed by atoms with Crippen LogP contribution in [0.5, 0.6) is 0 Å². The molecule has 1 saturated heterocycles. The number of benzene rings is 1. The Labute approximate surface area is 176 Å². The second-order valence-corrected chi connectivity index (χ2v) is 10.5. The van der Waals surface area contributed by atoms with Gasteiger partial charge in [0.2, 0.25) is 15.9 Å². The van der Waals surface area contributed by atoms with Crippen molar-refractivity contribution in [2.45, 2.75) is 57.9 Å². The monoisotopic (exact) mass is 432 g/mol. The molecule has 0 unspecified atom stereocenters. The highest BCUT2D eigenvalue weighted by Crippen LogP contribution is 2.41. The Hall–Kier alpha value is -2.49. The maximum absolute atomic E-state index is 12.9. The third kappa shape index (κ3) is 4.80. The highest BCUT2D eigenvalue weighted by atomic mass is 32.2. The zero-order valence-corrected chi connectivity index (χ0v) is 17.9. The molecule has 1 aliphatic heterocycles. The van der Waals surface area contributed by atoms with Crippen LogP contribution in [0, 0.1) is 5.41 Å². The Bertz CT molecular complexity index is 970. The first-order chi connectivity index (χ1) is 14.5. The van der Waals surface area contributed by atoms with E-state index in [2.05, 4.69) is 20.8 Å². The molecule has 1 aromatic carbocycles. The molecule has 4 rings (SSSR count). The number of carbonyl (C=O) groups excluding carboxylic acids is 1. The van der Waals surface area contributed by atoms with Gasteiger partial charge in [-0.25, -0.2) is 13.1 Å². The minimum absolute atomic E-state index is 0.0661. The second kappa shape index (κ2) is 8.71. The van der Waals surface area contributed by atoms with E-state index in [1.54, 1.807) is 35.3 Å². The van der Waals surface area contributed by atoms with Gasteiger partial charge in [0.1, 0.15) is 6.33 Å². The minimum atomic E-state index is -3.28. The molecule has 30 heavy (non-hydrogen) atoms. The molecule has 0 radical (unpaired) electrons. The lowest BCUT2D eigenvalue weighted by Gasteiger charge is -2.36. The van der Waals surface area contributed by atoms with Crippen LogP contribution in [-0.4, -0.2) is 46.8 Å². The summed E-state index contributed by atoms with van der Waals surface area (Å²) in [6, 6.07) is 7.11. The van der Waals surface area contributed by atoms with Gasteiger partial charge in [-0.2, -0.15) is 0 Å². The summed E-state index contributed by atoms with van der Waals surface area (Å²) in [5.74, 6) is 0.104. The van der Waals surface area contributed by atoms with Crippen LogP contribution in [0.2, 0.25) is 0 Å². The van der Waals surface area contributed by atoms with E-state index in [9.17, 15) is 13.2 Å². The SMILES string of the molecule is O=C(CC1(Cn2cnnn2)CCCCC1)Nc1cccc(N2CCCCS2(=O)=O)c1. The number of carbonyl (C=O) groups is 1. The summed E-state index contributed by atoms with van der Waals surface area (Å²) in [7, 11) is -3.28. The summed E-state index contributed by atoms with van der Waals surface area (Å²) in [4.78, 5) is 12.9. The number of hydrogen-bond acceptors (Lipinski definition) is 6. The molecule has 9 nitrogen and oxygen atoms in total. The summed E-state index contributed by atoms with van der Waals surface area (Å²) in [6.45, 7) is 1.11. The normalized spacial score (nSPS) is 20.6. The zero-order chi connectivity index (χ0) is 21.0. The molecule has 2 aliphatic rings. The van der Waals surface area contributed by atoms with Gasteiger partial charge in [-0.3, -0.25) is 9.10 Å². The second-order valence-electron chi connectivity index (χ2n) is 8.44. The zero-order valence-electron chi connectivity index (χ0n) is 17.0. The summed E-state index contributed by atoms with van der Waals surface area (Å²) in [5, 5.41) is 14.4. The Morgan fingerprint density at radius 3 is 2.70 bits per heavy atom. The van der Waals surface area contributed by atoms with Gasteiger partial charge in [-0.15, -0.1) is 5.10 Å². The van der Waals surface area contributed by atoms with E-state index < -0.39 is 10.0 Å². The number of rotatable bonds is 6. The van der Waals surface area contributed by atoms with E-state index in [0.29, 0.717) is 37.3 Å². The molecular formula is C20H28N6O3S. The van der Waals surface area contributed by atoms with Crippen molar-refractivity contribution >= 4 is 27.3 Å². The first-order valence-electron chi connectivity index (χ1n) is 10.6. The number of nitrogens with one attached hydrogen (secondary N) is 1. The molecule has 1 aromatic heterocycles. The van der Waals surface area contributed by atoms with Crippen molar-refractivity contribution in [1.82, 2.24) is 20.2 Å². The molecule has 1 amide bonds. The number of hydrogen-bond donors (Lipinski definition) is 1. The molecule has 2 fully saturated rings. The number of nitrogens with zero attached hydrogens (tertiary/aromatic N) is 5. The van der Waals surface area contributed by atoms with Gasteiger partial charge in [-0.05, 0) is 59.7 Å². The van der Waals surface area contributed by atoms with Gasteiger partial charge in [0.15, 0.2) is 0 Å². The fourth-order valence-electron chi connectivity index (χ4n) is 4.65. The molecule has 2 aromatic rings. The molecule has 0 bridgehead atoms. The van der Waals surface area contributed by atoms with Crippen molar-refractivity contribution in [3.05, 3.63) is 30.6 Å². The van der Waals surface area contributed by atoms with Gasteiger partial charge >= 0.3 is 0 Å². The average molecular weight is 433 g/mol. The van der Waals surface area contributed by atoms with Crippen molar-refractivity contribution < 1.29 is 13.2 Å². The first-order valence-corrected chi connectivity index (χ1v) is 12.2. The van der Waals surface area contributed by atoms with Crippen LogP contribution in [0.4, 0.5) is 11.4 Å². The number of anilines is 2. The fourth-order valence-corrected chi connectivity index (χ4v) is 6.28. The van der Waals surface area contributed by atoms with Gasteiger partial charge < -0.3 is 5.32 Å². The summed E-state index contributed by atoms with van der Waals surface area (Å²) in [5.41, 5.74) is 1.06. The number of tetrazole rings is 1. The summed E-state index contributed by atoms with van der Waals surface area (Å²) in [6.07, 6.45) is 8.82. The number of sulfonamides is 1. The topological polar surface area (TPSA) is 110 Å². The lowest BCUT2D eigenvalue weighted by molar-refractivity contribution is -0.119. The predicted octanol–water partition coefficient (Wildman–Crippen LogP) is 2.58. The molecule has 162 valence electrons. The molecule has 2 heterocycles. The van der Waals surface area contributed by atoms with E-state index >= 15 is 0 Å². The van der Waals surface area contributed by atoms with E-state index in [0.717, 1.165) is 32.1 Å². The molecule has 1 saturated carbocycles. The molecular weight excluding hydrogens is 404 g/mol. The maximum Gasteiger partial charge on any atom is 0.235 e. The molecule has 10 heteroatoms. The van der Waals surface area contributed by atoms with Crippen LogP contribution in [0.15, 0.2) is 30.6 Å². The lowest BCUT2D eigenvalue weighted by Crippen LogP contribution is -2.37. The van der Waals surface area contributed by atoms with Crippen molar-refractivity contribution in [2.75, 3.05) is 21.9 Å². The van der Waals surface area contributed by atoms with Crippen LogP contribution in [0.25, 0.3) is 0 Å². The van der Waals surface area contributed by atoms with E-state index in [1.807, 2.05) is 0 Å². The minimum Gasteiger partial charge on any atom is -0.326 e. The highest BCUT2D eigenvalue weighted by Gasteiger charge is 2.35. The van der Waals surface area contributed by atoms with Crippen molar-refractivity contribution in [1.29, 1.82) is 0 Å². The number of aromatic nitrogens is 4. The quantitative estimate of drug-likeness (QED) is 0.751. The first kappa shape index (κ1) is 20.8. The largest absolute Gasteiger partial charge is 0.326 e. The Balaban J connectivity index is 1.46. The third-order valence-electron chi connectivity index (χ3n) is 6.11. The molecule has 1 aliphatic carbocycles. The van der Waals surface area contributed by atoms with Gasteiger partial charge in [0.05, 0.1) is 18.0 Å². The van der Waals surface area contributed by atoms with Crippen LogP contribution in [-0.2, 0) is 21.4 Å². The van der Waals surface area contributed by atoms with Crippen LogP contribution in [0.1, 0.15) is 51.4 Å². The van der Waals surface area contributed by atoms with Crippen molar-refractivity contribution in [3.8, 4) is 0 Å². The Kier molecular flexibility index (Phi) is 6.03. The van der Waals surface area contributed by atoms with Gasteiger partial charge in [-0.1, -0.05) is 25.3 Å². The number of amides is 1. The fraction of sp³-hybridized carbons (Fsp3) is 0.600. The van der Waals surface area contributed by atoms with E-state index in [1.165, 1.54) is 10.7 Å². The molecule has 0 spiro atoms. The highest BCUT2D eigenvalue weighted by molar-refractivity contribution is 7.92. The van der Waals surface area contributed by atoms with Gasteiger partial charge in [0, 0.05) is 18.7 Å². The van der Waals surface area contributed by atoms with E-state index in [4.69, 9.17) is 0 Å². The molecule has 0 atom stereocenters. The van der Waals surface area contributed by atoms with Crippen LogP contribution >= 0.6 is 0 Å². The lowest BCUT2D eigenvalue weighted by atomic mass is 9.71. The maximum atomic E-state index is 12.9. The smallest absolute Gasteiger partial charge is 0.235 e. The summed E-state index contributed by atoms with van der Waals surface area (Å²) < 4.78 is 27.9. The van der Waals surface area contributed by atoms with Crippen molar-refractivity contribution in [2.24, 2.45) is 5.41 Å².